The number of nitriles is 1. The Hall–Kier alpha value is -2.28. The summed E-state index contributed by atoms with van der Waals surface area (Å²) in [6, 6.07) is 9.51. The zero-order chi connectivity index (χ0) is 11.5. The van der Waals surface area contributed by atoms with Gasteiger partial charge in [-0.15, -0.1) is 0 Å². The number of halogens is 1. The summed E-state index contributed by atoms with van der Waals surface area (Å²) in [7, 11) is 0. The maximum Gasteiger partial charge on any atom is 0.144 e. The molecule has 0 saturated carbocycles. The molecule has 0 spiro atoms. The van der Waals surface area contributed by atoms with Crippen molar-refractivity contribution in [3.63, 3.8) is 0 Å². The number of hydrogen-bond acceptors (Lipinski definition) is 3. The Morgan fingerprint density at radius 3 is 2.50 bits per heavy atom. The highest BCUT2D eigenvalue weighted by Crippen LogP contribution is 2.17. The number of hydrogen-bond donors (Lipinski definition) is 0. The van der Waals surface area contributed by atoms with Gasteiger partial charge < -0.3 is 0 Å². The highest BCUT2D eigenvalue weighted by Gasteiger charge is 2.03. The molecule has 1 heterocycles. The predicted molar refractivity (Wildman–Crippen MR) is 56.9 cm³/mol. The summed E-state index contributed by atoms with van der Waals surface area (Å²) in [6.07, 6.45) is 0. The molecule has 0 amide bonds. The maximum absolute atomic E-state index is 12.7. The predicted octanol–water partition coefficient (Wildman–Crippen LogP) is 2.46. The molecule has 0 unspecified atom stereocenters. The standard InChI is InChI=1S/C12H8FN3/c1-8-15-11(7-14)6-12(16-8)9-2-4-10(13)5-3-9/h2-6H,1H3. The number of aromatic nitrogens is 2. The summed E-state index contributed by atoms with van der Waals surface area (Å²) < 4.78 is 12.7. The van der Waals surface area contributed by atoms with Gasteiger partial charge in [0.1, 0.15) is 23.4 Å². The lowest BCUT2D eigenvalue weighted by Gasteiger charge is -2.02. The van der Waals surface area contributed by atoms with Gasteiger partial charge in [0, 0.05) is 11.6 Å². The smallest absolute Gasteiger partial charge is 0.144 e. The van der Waals surface area contributed by atoms with Gasteiger partial charge in [0.05, 0.1) is 5.69 Å². The fourth-order valence-electron chi connectivity index (χ4n) is 1.39. The number of nitrogens with zero attached hydrogens (tertiary/aromatic N) is 3. The van der Waals surface area contributed by atoms with E-state index in [1.54, 1.807) is 25.1 Å². The van der Waals surface area contributed by atoms with Crippen LogP contribution in [0.3, 0.4) is 0 Å². The first-order chi connectivity index (χ1) is 7.69. The Kier molecular flexibility index (Phi) is 2.61. The Morgan fingerprint density at radius 2 is 1.88 bits per heavy atom. The van der Waals surface area contributed by atoms with Crippen molar-refractivity contribution in [1.29, 1.82) is 5.26 Å². The lowest BCUT2D eigenvalue weighted by atomic mass is 10.1. The quantitative estimate of drug-likeness (QED) is 0.731. The van der Waals surface area contributed by atoms with Crippen LogP contribution >= 0.6 is 0 Å². The van der Waals surface area contributed by atoms with Crippen molar-refractivity contribution in [2.75, 3.05) is 0 Å². The summed E-state index contributed by atoms with van der Waals surface area (Å²) in [5.41, 5.74) is 1.71. The van der Waals surface area contributed by atoms with Crippen LogP contribution in [0.1, 0.15) is 11.5 Å². The Balaban J connectivity index is 2.52. The molecule has 0 saturated heterocycles. The highest BCUT2D eigenvalue weighted by molar-refractivity contribution is 5.59. The summed E-state index contributed by atoms with van der Waals surface area (Å²) >= 11 is 0. The molecule has 1 aromatic heterocycles. The van der Waals surface area contributed by atoms with E-state index in [1.165, 1.54) is 12.1 Å². The van der Waals surface area contributed by atoms with Gasteiger partial charge in [-0.05, 0) is 31.2 Å². The molecule has 0 aliphatic carbocycles. The molecule has 78 valence electrons. The molecular weight excluding hydrogens is 205 g/mol. The van der Waals surface area contributed by atoms with Crippen molar-refractivity contribution in [2.45, 2.75) is 6.92 Å². The van der Waals surface area contributed by atoms with Crippen molar-refractivity contribution in [2.24, 2.45) is 0 Å². The topological polar surface area (TPSA) is 49.6 Å². The van der Waals surface area contributed by atoms with Crippen LogP contribution < -0.4 is 0 Å². The second-order valence-electron chi connectivity index (χ2n) is 3.30. The Morgan fingerprint density at radius 1 is 1.19 bits per heavy atom. The van der Waals surface area contributed by atoms with Crippen molar-refractivity contribution in [3.8, 4) is 17.3 Å². The molecule has 3 nitrogen and oxygen atoms in total. The molecule has 0 atom stereocenters. The van der Waals surface area contributed by atoms with Gasteiger partial charge in [-0.25, -0.2) is 14.4 Å². The molecule has 0 aliphatic heterocycles. The first kappa shape index (κ1) is 10.2. The summed E-state index contributed by atoms with van der Waals surface area (Å²) in [4.78, 5) is 8.15. The SMILES string of the molecule is Cc1nc(C#N)cc(-c2ccc(F)cc2)n1. The average Bonchev–Trinajstić information content (AvgIpc) is 2.29. The zero-order valence-electron chi connectivity index (χ0n) is 8.61. The van der Waals surface area contributed by atoms with Crippen LogP contribution in [-0.2, 0) is 0 Å². The lowest BCUT2D eigenvalue weighted by molar-refractivity contribution is 0.628. The van der Waals surface area contributed by atoms with Gasteiger partial charge in [-0.3, -0.25) is 0 Å². The minimum absolute atomic E-state index is 0.296. The second kappa shape index (κ2) is 4.07. The molecule has 2 rings (SSSR count). The molecule has 4 heteroatoms. The normalized spacial score (nSPS) is 9.81. The van der Waals surface area contributed by atoms with Crippen molar-refractivity contribution in [3.05, 3.63) is 47.7 Å². The van der Waals surface area contributed by atoms with E-state index < -0.39 is 0 Å². The van der Waals surface area contributed by atoms with E-state index in [0.29, 0.717) is 17.2 Å². The number of aryl methyl sites for hydroxylation is 1. The van der Waals surface area contributed by atoms with E-state index in [9.17, 15) is 4.39 Å². The van der Waals surface area contributed by atoms with Gasteiger partial charge in [0.25, 0.3) is 0 Å². The number of benzene rings is 1. The maximum atomic E-state index is 12.7. The summed E-state index contributed by atoms with van der Waals surface area (Å²) in [5, 5.41) is 8.78. The molecule has 0 N–H and O–H groups in total. The van der Waals surface area contributed by atoms with Crippen molar-refractivity contribution < 1.29 is 4.39 Å². The molecule has 0 aliphatic rings. The summed E-state index contributed by atoms with van der Waals surface area (Å²) in [5.74, 6) is 0.230. The van der Waals surface area contributed by atoms with Crippen LogP contribution in [0, 0.1) is 24.1 Å². The van der Waals surface area contributed by atoms with Crippen molar-refractivity contribution in [1.82, 2.24) is 9.97 Å². The highest BCUT2D eigenvalue weighted by atomic mass is 19.1. The van der Waals surface area contributed by atoms with E-state index in [0.717, 1.165) is 5.56 Å². The third kappa shape index (κ3) is 2.04. The van der Waals surface area contributed by atoms with Gasteiger partial charge in [0.15, 0.2) is 0 Å². The van der Waals surface area contributed by atoms with Crippen molar-refractivity contribution >= 4 is 0 Å². The third-order valence-corrected chi connectivity index (χ3v) is 2.09. The van der Waals surface area contributed by atoms with Crippen LogP contribution in [0.5, 0.6) is 0 Å². The minimum atomic E-state index is -0.296. The Labute approximate surface area is 92.2 Å². The Bertz CT molecular complexity index is 555. The second-order valence-corrected chi connectivity index (χ2v) is 3.30. The van der Waals surface area contributed by atoms with E-state index in [-0.39, 0.29) is 5.82 Å². The monoisotopic (exact) mass is 213 g/mol. The first-order valence-corrected chi connectivity index (χ1v) is 4.71. The fraction of sp³-hybridized carbons (Fsp3) is 0.0833. The van der Waals surface area contributed by atoms with Gasteiger partial charge in [-0.1, -0.05) is 0 Å². The van der Waals surface area contributed by atoms with E-state index in [2.05, 4.69) is 9.97 Å². The van der Waals surface area contributed by atoms with Gasteiger partial charge in [0.2, 0.25) is 0 Å². The molecule has 16 heavy (non-hydrogen) atoms. The molecule has 0 bridgehead atoms. The molecule has 2 aromatic rings. The zero-order valence-corrected chi connectivity index (χ0v) is 8.61. The van der Waals surface area contributed by atoms with E-state index in [1.807, 2.05) is 6.07 Å². The first-order valence-electron chi connectivity index (χ1n) is 4.71. The number of rotatable bonds is 1. The van der Waals surface area contributed by atoms with Gasteiger partial charge in [-0.2, -0.15) is 5.26 Å². The van der Waals surface area contributed by atoms with Crippen LogP contribution in [-0.4, -0.2) is 9.97 Å². The fourth-order valence-corrected chi connectivity index (χ4v) is 1.39. The summed E-state index contributed by atoms with van der Waals surface area (Å²) in [6.45, 7) is 1.72. The largest absolute Gasteiger partial charge is 0.233 e. The van der Waals surface area contributed by atoms with Crippen LogP contribution in [0.4, 0.5) is 4.39 Å². The molecular formula is C12H8FN3. The van der Waals surface area contributed by atoms with Crippen LogP contribution in [0.2, 0.25) is 0 Å². The third-order valence-electron chi connectivity index (χ3n) is 2.09. The lowest BCUT2D eigenvalue weighted by Crippen LogP contribution is -1.94. The average molecular weight is 213 g/mol. The van der Waals surface area contributed by atoms with E-state index >= 15 is 0 Å². The minimum Gasteiger partial charge on any atom is -0.233 e. The molecule has 0 fully saturated rings. The van der Waals surface area contributed by atoms with E-state index in [4.69, 9.17) is 5.26 Å². The van der Waals surface area contributed by atoms with Crippen LogP contribution in [0.15, 0.2) is 30.3 Å². The van der Waals surface area contributed by atoms with Crippen LogP contribution in [0.25, 0.3) is 11.3 Å². The molecule has 0 radical (unpaired) electrons. The molecule has 1 aromatic carbocycles. The van der Waals surface area contributed by atoms with Gasteiger partial charge >= 0.3 is 0 Å².